The van der Waals surface area contributed by atoms with Crippen LogP contribution in [0, 0.1) is 11.8 Å². The third-order valence-electron chi connectivity index (χ3n) is 1.61. The van der Waals surface area contributed by atoms with Crippen LogP contribution >= 0.6 is 22.6 Å². The second-order valence-corrected chi connectivity index (χ2v) is 3.29. The van der Waals surface area contributed by atoms with Crippen LogP contribution in [0.5, 0.6) is 0 Å². The molecule has 68 valence electrons. The van der Waals surface area contributed by atoms with Gasteiger partial charge in [-0.15, -0.1) is 0 Å². The van der Waals surface area contributed by atoms with E-state index in [9.17, 15) is 0 Å². The molecule has 0 radical (unpaired) electrons. The van der Waals surface area contributed by atoms with E-state index in [1.165, 1.54) is 0 Å². The van der Waals surface area contributed by atoms with E-state index in [1.807, 2.05) is 24.3 Å². The molecule has 0 N–H and O–H groups in total. The minimum Gasteiger partial charge on any atom is -0.380 e. The Bertz CT molecular complexity index is 322. The molecule has 1 rings (SSSR count). The van der Waals surface area contributed by atoms with Crippen molar-refractivity contribution < 1.29 is 4.74 Å². The summed E-state index contributed by atoms with van der Waals surface area (Å²) in [5, 5.41) is 0. The minimum absolute atomic E-state index is 0.631. The normalized spacial score (nSPS) is 9.08. The molecule has 1 aromatic carbocycles. The van der Waals surface area contributed by atoms with Crippen molar-refractivity contribution in [2.24, 2.45) is 0 Å². The smallest absolute Gasteiger partial charge is 0.0725 e. The molecule has 0 aliphatic heterocycles. The monoisotopic (exact) mass is 286 g/mol. The van der Waals surface area contributed by atoms with E-state index in [2.05, 4.69) is 34.4 Å². The predicted molar refractivity (Wildman–Crippen MR) is 62.9 cm³/mol. The van der Waals surface area contributed by atoms with E-state index in [-0.39, 0.29) is 0 Å². The van der Waals surface area contributed by atoms with Gasteiger partial charge in [0.25, 0.3) is 0 Å². The molecule has 0 saturated carbocycles. The number of methoxy groups -OCH3 is 1. The Hall–Kier alpha value is -0.530. The zero-order chi connectivity index (χ0) is 9.52. The van der Waals surface area contributed by atoms with Crippen LogP contribution in [-0.4, -0.2) is 11.5 Å². The number of ether oxygens (including phenoxy) is 1. The number of hydrogen-bond donors (Lipinski definition) is 0. The lowest BCUT2D eigenvalue weighted by Crippen LogP contribution is -1.91. The van der Waals surface area contributed by atoms with Crippen molar-refractivity contribution in [3.63, 3.8) is 0 Å². The third-order valence-corrected chi connectivity index (χ3v) is 1.99. The Morgan fingerprint density at radius 3 is 2.85 bits per heavy atom. The molecular weight excluding hydrogens is 275 g/mol. The summed E-state index contributed by atoms with van der Waals surface area (Å²) in [6.07, 6.45) is 0. The molecule has 0 unspecified atom stereocenters. The number of benzene rings is 1. The molecule has 0 bridgehead atoms. The second kappa shape index (κ2) is 6.01. The highest BCUT2D eigenvalue weighted by molar-refractivity contribution is 14.1. The molecule has 0 fully saturated rings. The van der Waals surface area contributed by atoms with Crippen LogP contribution in [0.4, 0.5) is 0 Å². The first kappa shape index (κ1) is 10.6. The van der Waals surface area contributed by atoms with Crippen molar-refractivity contribution in [2.45, 2.75) is 6.61 Å². The van der Waals surface area contributed by atoms with Crippen LogP contribution in [-0.2, 0) is 11.3 Å². The summed E-state index contributed by atoms with van der Waals surface area (Å²) in [6.45, 7) is 0.631. The topological polar surface area (TPSA) is 9.23 Å². The number of halogens is 1. The summed E-state index contributed by atoms with van der Waals surface area (Å²) in [6, 6.07) is 8.06. The molecule has 0 amide bonds. The van der Waals surface area contributed by atoms with Gasteiger partial charge in [-0.05, 0) is 11.6 Å². The highest BCUT2D eigenvalue weighted by atomic mass is 127. The Morgan fingerprint density at radius 1 is 1.38 bits per heavy atom. The maximum atomic E-state index is 5.08. The van der Waals surface area contributed by atoms with Crippen molar-refractivity contribution >= 4 is 22.6 Å². The van der Waals surface area contributed by atoms with Crippen LogP contribution in [0.3, 0.4) is 0 Å². The summed E-state index contributed by atoms with van der Waals surface area (Å²) in [7, 11) is 1.70. The van der Waals surface area contributed by atoms with E-state index >= 15 is 0 Å². The van der Waals surface area contributed by atoms with Crippen molar-refractivity contribution in [1.82, 2.24) is 0 Å². The molecule has 0 heterocycles. The maximum absolute atomic E-state index is 5.08. The zero-order valence-corrected chi connectivity index (χ0v) is 9.67. The summed E-state index contributed by atoms with van der Waals surface area (Å²) in [5.74, 6) is 6.15. The van der Waals surface area contributed by atoms with Gasteiger partial charge >= 0.3 is 0 Å². The Morgan fingerprint density at radius 2 is 2.15 bits per heavy atom. The Labute approximate surface area is 92.6 Å². The van der Waals surface area contributed by atoms with Crippen LogP contribution in [0.15, 0.2) is 24.3 Å². The molecule has 1 nitrogen and oxygen atoms in total. The van der Waals surface area contributed by atoms with Crippen LogP contribution < -0.4 is 0 Å². The highest BCUT2D eigenvalue weighted by Crippen LogP contribution is 2.07. The quantitative estimate of drug-likeness (QED) is 0.461. The number of hydrogen-bond acceptors (Lipinski definition) is 1. The molecule has 0 spiro atoms. The SMILES string of the molecule is COCc1ccccc1C#CCI. The number of rotatable bonds is 2. The molecule has 2 heteroatoms. The molecule has 1 aromatic rings. The van der Waals surface area contributed by atoms with Gasteiger partial charge < -0.3 is 4.74 Å². The predicted octanol–water partition coefficient (Wildman–Crippen LogP) is 2.62. The van der Waals surface area contributed by atoms with Gasteiger partial charge in [-0.25, -0.2) is 0 Å². The van der Waals surface area contributed by atoms with Gasteiger partial charge in [0.05, 0.1) is 11.0 Å². The molecule has 0 aliphatic rings. The van der Waals surface area contributed by atoms with Crippen LogP contribution in [0.2, 0.25) is 0 Å². The number of alkyl halides is 1. The summed E-state index contributed by atoms with van der Waals surface area (Å²) in [4.78, 5) is 0. The maximum Gasteiger partial charge on any atom is 0.0725 e. The Balaban J connectivity index is 2.90. The highest BCUT2D eigenvalue weighted by Gasteiger charge is 1.96. The first-order valence-corrected chi connectivity index (χ1v) is 5.52. The van der Waals surface area contributed by atoms with E-state index in [0.29, 0.717) is 6.61 Å². The third kappa shape index (κ3) is 3.37. The fraction of sp³-hybridized carbons (Fsp3) is 0.273. The van der Waals surface area contributed by atoms with E-state index in [1.54, 1.807) is 7.11 Å². The first-order valence-electron chi connectivity index (χ1n) is 4.00. The minimum atomic E-state index is 0.631. The van der Waals surface area contributed by atoms with Crippen molar-refractivity contribution in [1.29, 1.82) is 0 Å². The standard InChI is InChI=1S/C11H11IO/c1-13-9-11-6-3-2-5-10(11)7-4-8-12/h2-3,5-6H,8-9H2,1H3. The van der Waals surface area contributed by atoms with Gasteiger partial charge in [0.1, 0.15) is 0 Å². The van der Waals surface area contributed by atoms with E-state index < -0.39 is 0 Å². The molecule has 0 aromatic heterocycles. The van der Waals surface area contributed by atoms with Crippen LogP contribution in [0.1, 0.15) is 11.1 Å². The van der Waals surface area contributed by atoms with Crippen LogP contribution in [0.25, 0.3) is 0 Å². The zero-order valence-electron chi connectivity index (χ0n) is 7.51. The summed E-state index contributed by atoms with van der Waals surface area (Å²) >= 11 is 2.24. The molecule has 0 atom stereocenters. The lowest BCUT2D eigenvalue weighted by Gasteiger charge is -2.01. The molecule has 0 saturated heterocycles. The average molecular weight is 286 g/mol. The largest absolute Gasteiger partial charge is 0.380 e. The van der Waals surface area contributed by atoms with Gasteiger partial charge in [0.2, 0.25) is 0 Å². The molecule has 0 aliphatic carbocycles. The second-order valence-electron chi connectivity index (χ2n) is 2.53. The van der Waals surface area contributed by atoms with Gasteiger partial charge in [-0.3, -0.25) is 0 Å². The fourth-order valence-electron chi connectivity index (χ4n) is 1.05. The fourth-order valence-corrected chi connectivity index (χ4v) is 1.24. The van der Waals surface area contributed by atoms with Gasteiger partial charge in [-0.1, -0.05) is 52.6 Å². The van der Waals surface area contributed by atoms with Crippen molar-refractivity contribution in [2.75, 3.05) is 11.5 Å². The van der Waals surface area contributed by atoms with E-state index in [4.69, 9.17) is 4.74 Å². The van der Waals surface area contributed by atoms with Crippen molar-refractivity contribution in [3.8, 4) is 11.8 Å². The van der Waals surface area contributed by atoms with Gasteiger partial charge in [-0.2, -0.15) is 0 Å². The van der Waals surface area contributed by atoms with E-state index in [0.717, 1.165) is 15.6 Å². The lowest BCUT2D eigenvalue weighted by atomic mass is 10.1. The first-order chi connectivity index (χ1) is 6.38. The summed E-state index contributed by atoms with van der Waals surface area (Å²) < 4.78 is 5.94. The molecular formula is C11H11IO. The lowest BCUT2D eigenvalue weighted by molar-refractivity contribution is 0.184. The summed E-state index contributed by atoms with van der Waals surface area (Å²) in [5.41, 5.74) is 2.23. The van der Waals surface area contributed by atoms with Gasteiger partial charge in [0, 0.05) is 12.7 Å². The average Bonchev–Trinajstić information content (AvgIpc) is 2.17. The van der Waals surface area contributed by atoms with Crippen molar-refractivity contribution in [3.05, 3.63) is 35.4 Å². The Kier molecular flexibility index (Phi) is 4.87. The molecule has 13 heavy (non-hydrogen) atoms. The van der Waals surface area contributed by atoms with Gasteiger partial charge in [0.15, 0.2) is 0 Å².